The predicted octanol–water partition coefficient (Wildman–Crippen LogP) is 3.45. The second-order valence-corrected chi connectivity index (χ2v) is 9.70. The van der Waals surface area contributed by atoms with Crippen LogP contribution in [0.25, 0.3) is 21.6 Å². The number of phenols is 1. The Kier molecular flexibility index (Phi) is 5.59. The maximum Gasteiger partial charge on any atom is 0.162 e. The highest BCUT2D eigenvalue weighted by molar-refractivity contribution is 7.99. The van der Waals surface area contributed by atoms with Gasteiger partial charge in [-0.3, -0.25) is 4.90 Å². The zero-order chi connectivity index (χ0) is 19.6. The summed E-state index contributed by atoms with van der Waals surface area (Å²) in [4.78, 5) is 16.0. The Hall–Kier alpha value is -1.87. The van der Waals surface area contributed by atoms with E-state index in [1.807, 2.05) is 35.2 Å². The number of phenolic OH excluding ortho intramolecular Hbond substituents is 1. The lowest BCUT2D eigenvalue weighted by Crippen LogP contribution is -2.36. The van der Waals surface area contributed by atoms with E-state index >= 15 is 0 Å². The Morgan fingerprint density at radius 1 is 1.03 bits per heavy atom. The number of ether oxygens (including phenoxy) is 1. The molecule has 2 fully saturated rings. The summed E-state index contributed by atoms with van der Waals surface area (Å²) < 4.78 is 6.70. The van der Waals surface area contributed by atoms with Crippen LogP contribution in [0, 0.1) is 0 Å². The molecule has 29 heavy (non-hydrogen) atoms. The van der Waals surface area contributed by atoms with Gasteiger partial charge in [0.1, 0.15) is 5.75 Å². The lowest BCUT2D eigenvalue weighted by atomic mass is 10.2. The first-order chi connectivity index (χ1) is 14.3. The number of benzene rings is 1. The maximum atomic E-state index is 9.90. The second kappa shape index (κ2) is 8.47. The molecule has 1 N–H and O–H groups in total. The zero-order valence-corrected chi connectivity index (χ0v) is 17.8. The molecule has 2 aliphatic rings. The molecule has 152 valence electrons. The van der Waals surface area contributed by atoms with E-state index in [0.717, 1.165) is 67.5 Å². The number of thioether (sulfide) groups is 1. The lowest BCUT2D eigenvalue weighted by molar-refractivity contribution is 0.122. The van der Waals surface area contributed by atoms with Gasteiger partial charge in [-0.2, -0.15) is 11.8 Å². The number of thiophene rings is 1. The van der Waals surface area contributed by atoms with E-state index in [1.165, 1.54) is 16.4 Å². The van der Waals surface area contributed by atoms with Crippen LogP contribution in [0.3, 0.4) is 0 Å². The number of morpholine rings is 1. The monoisotopic (exact) mass is 428 g/mol. The van der Waals surface area contributed by atoms with Gasteiger partial charge >= 0.3 is 0 Å². The minimum Gasteiger partial charge on any atom is -0.508 e. The Morgan fingerprint density at radius 2 is 1.86 bits per heavy atom. The molecule has 2 aromatic heterocycles. The van der Waals surface area contributed by atoms with Crippen molar-refractivity contribution in [3.63, 3.8) is 0 Å². The molecule has 0 unspecified atom stereocenters. The highest BCUT2D eigenvalue weighted by Crippen LogP contribution is 2.35. The average Bonchev–Trinajstić information content (AvgIpc) is 3.16. The van der Waals surface area contributed by atoms with Crippen molar-refractivity contribution in [2.45, 2.75) is 6.54 Å². The van der Waals surface area contributed by atoms with E-state index in [2.05, 4.69) is 15.9 Å². The number of anilines is 1. The number of hydrogen-bond acceptors (Lipinski definition) is 8. The molecular formula is C21H24N4O2S2. The summed E-state index contributed by atoms with van der Waals surface area (Å²) in [6.07, 6.45) is 0. The van der Waals surface area contributed by atoms with E-state index in [1.54, 1.807) is 12.1 Å². The van der Waals surface area contributed by atoms with Crippen molar-refractivity contribution >= 4 is 39.1 Å². The van der Waals surface area contributed by atoms with Gasteiger partial charge in [-0.25, -0.2) is 9.97 Å². The van der Waals surface area contributed by atoms with Crippen molar-refractivity contribution in [2.24, 2.45) is 0 Å². The number of hydrogen-bond donors (Lipinski definition) is 1. The first kappa shape index (κ1) is 19.1. The number of nitrogens with zero attached hydrogens (tertiary/aromatic N) is 4. The molecule has 0 saturated carbocycles. The maximum absolute atomic E-state index is 9.90. The minimum absolute atomic E-state index is 0.230. The van der Waals surface area contributed by atoms with Crippen molar-refractivity contribution in [3.8, 4) is 17.1 Å². The normalized spacial score (nSPS) is 18.4. The highest BCUT2D eigenvalue weighted by atomic mass is 32.2. The van der Waals surface area contributed by atoms with Crippen LogP contribution in [0.1, 0.15) is 4.88 Å². The predicted molar refractivity (Wildman–Crippen MR) is 120 cm³/mol. The largest absolute Gasteiger partial charge is 0.508 e. The molecule has 8 heteroatoms. The van der Waals surface area contributed by atoms with Gasteiger partial charge < -0.3 is 14.7 Å². The highest BCUT2D eigenvalue weighted by Gasteiger charge is 2.21. The average molecular weight is 429 g/mol. The molecule has 0 amide bonds. The van der Waals surface area contributed by atoms with Gasteiger partial charge in [0, 0.05) is 54.7 Å². The van der Waals surface area contributed by atoms with Gasteiger partial charge in [0.05, 0.1) is 23.4 Å². The Balaban J connectivity index is 1.56. The number of fused-ring (bicyclic) bond motifs is 1. The van der Waals surface area contributed by atoms with Gasteiger partial charge in [0.25, 0.3) is 0 Å². The van der Waals surface area contributed by atoms with Crippen LogP contribution in [0.5, 0.6) is 5.75 Å². The fourth-order valence-electron chi connectivity index (χ4n) is 3.79. The second-order valence-electron chi connectivity index (χ2n) is 7.34. The first-order valence-electron chi connectivity index (χ1n) is 9.99. The molecule has 3 aromatic rings. The van der Waals surface area contributed by atoms with E-state index in [9.17, 15) is 5.11 Å². The van der Waals surface area contributed by atoms with E-state index in [-0.39, 0.29) is 5.75 Å². The van der Waals surface area contributed by atoms with E-state index in [0.29, 0.717) is 5.82 Å². The van der Waals surface area contributed by atoms with Crippen molar-refractivity contribution in [1.29, 1.82) is 0 Å². The van der Waals surface area contributed by atoms with Gasteiger partial charge in [-0.1, -0.05) is 12.1 Å². The first-order valence-corrected chi connectivity index (χ1v) is 12.0. The number of rotatable bonds is 4. The van der Waals surface area contributed by atoms with Crippen LogP contribution in [-0.4, -0.2) is 70.9 Å². The van der Waals surface area contributed by atoms with Gasteiger partial charge in [-0.05, 0) is 18.2 Å². The zero-order valence-electron chi connectivity index (χ0n) is 16.2. The molecule has 5 rings (SSSR count). The number of aromatic hydroxyl groups is 1. The van der Waals surface area contributed by atoms with Crippen LogP contribution in [0.4, 0.5) is 5.82 Å². The molecule has 0 atom stereocenters. The molecule has 1 aromatic carbocycles. The third-order valence-corrected chi connectivity index (χ3v) is 7.35. The summed E-state index contributed by atoms with van der Waals surface area (Å²) in [5, 5.41) is 9.90. The summed E-state index contributed by atoms with van der Waals surface area (Å²) in [6, 6.07) is 9.40. The molecule has 2 aliphatic heterocycles. The molecule has 0 aliphatic carbocycles. The fraction of sp³-hybridized carbons (Fsp3) is 0.429. The van der Waals surface area contributed by atoms with Crippen LogP contribution in [-0.2, 0) is 11.3 Å². The quantitative estimate of drug-likeness (QED) is 0.683. The molecule has 2 saturated heterocycles. The van der Waals surface area contributed by atoms with Crippen molar-refractivity contribution in [2.75, 3.05) is 55.8 Å². The van der Waals surface area contributed by atoms with Gasteiger partial charge in [0.15, 0.2) is 11.6 Å². The smallest absolute Gasteiger partial charge is 0.162 e. The van der Waals surface area contributed by atoms with E-state index < -0.39 is 0 Å². The van der Waals surface area contributed by atoms with Crippen LogP contribution in [0.2, 0.25) is 0 Å². The topological polar surface area (TPSA) is 61.7 Å². The van der Waals surface area contributed by atoms with Crippen molar-refractivity contribution in [1.82, 2.24) is 14.9 Å². The van der Waals surface area contributed by atoms with Crippen LogP contribution < -0.4 is 4.90 Å². The summed E-state index contributed by atoms with van der Waals surface area (Å²) >= 11 is 3.85. The molecule has 0 bridgehead atoms. The Labute approximate surface area is 178 Å². The SMILES string of the molecule is Oc1cccc(-c2nc(N3CCOCC3)c3sc(CN4CCSCC4)cc3n2)c1. The number of aromatic nitrogens is 2. The van der Waals surface area contributed by atoms with Crippen molar-refractivity contribution in [3.05, 3.63) is 35.2 Å². The third-order valence-electron chi connectivity index (χ3n) is 5.30. The summed E-state index contributed by atoms with van der Waals surface area (Å²) in [5.41, 5.74) is 1.83. The third kappa shape index (κ3) is 4.21. The Morgan fingerprint density at radius 3 is 2.66 bits per heavy atom. The molecular weight excluding hydrogens is 404 g/mol. The molecule has 4 heterocycles. The molecule has 0 radical (unpaired) electrons. The summed E-state index contributed by atoms with van der Waals surface area (Å²) in [7, 11) is 0. The van der Waals surface area contributed by atoms with Gasteiger partial charge in [0.2, 0.25) is 0 Å². The van der Waals surface area contributed by atoms with Crippen LogP contribution >= 0.6 is 23.1 Å². The standard InChI is InChI=1S/C21H24N4O2S2/c26-16-3-1-2-15(12-16)20-22-18-13-17(14-24-6-10-28-11-7-24)29-19(18)21(23-20)25-4-8-27-9-5-25/h1-3,12-13,26H,4-11,14H2. The fourth-order valence-corrected chi connectivity index (χ4v) is 5.92. The van der Waals surface area contributed by atoms with E-state index in [4.69, 9.17) is 14.7 Å². The Bertz CT molecular complexity index is 998. The lowest BCUT2D eigenvalue weighted by Gasteiger charge is -2.28. The van der Waals surface area contributed by atoms with Gasteiger partial charge in [-0.15, -0.1) is 11.3 Å². The molecule has 6 nitrogen and oxygen atoms in total. The molecule has 0 spiro atoms. The summed E-state index contributed by atoms with van der Waals surface area (Å²) in [5.74, 6) is 4.31. The van der Waals surface area contributed by atoms with Crippen molar-refractivity contribution < 1.29 is 9.84 Å². The minimum atomic E-state index is 0.230. The summed E-state index contributed by atoms with van der Waals surface area (Å²) in [6.45, 7) is 6.38. The van der Waals surface area contributed by atoms with Crippen LogP contribution in [0.15, 0.2) is 30.3 Å².